The number of methoxy groups -OCH3 is 2. The first-order valence-corrected chi connectivity index (χ1v) is 11.6. The largest absolute Gasteiger partial charge is 0.497 e. The van der Waals surface area contributed by atoms with Crippen molar-refractivity contribution >= 4 is 11.7 Å². The van der Waals surface area contributed by atoms with E-state index < -0.39 is 0 Å². The van der Waals surface area contributed by atoms with E-state index in [0.29, 0.717) is 23.7 Å². The van der Waals surface area contributed by atoms with Crippen molar-refractivity contribution in [2.45, 2.75) is 25.9 Å². The molecule has 0 unspecified atom stereocenters. The number of rotatable bonds is 7. The van der Waals surface area contributed by atoms with Crippen LogP contribution in [-0.4, -0.2) is 29.9 Å². The molecule has 1 amide bonds. The average Bonchev–Trinajstić information content (AvgIpc) is 3.23. The Labute approximate surface area is 208 Å². The molecular weight excluding hydrogens is 461 g/mol. The summed E-state index contributed by atoms with van der Waals surface area (Å²) >= 11 is 0. The van der Waals surface area contributed by atoms with Gasteiger partial charge < -0.3 is 19.5 Å². The maximum Gasteiger partial charge on any atom is 0.226 e. The third-order valence-corrected chi connectivity index (χ3v) is 6.32. The molecule has 0 spiro atoms. The number of aryl methyl sites for hydroxylation is 1. The molecule has 184 valence electrons. The van der Waals surface area contributed by atoms with Gasteiger partial charge in [0.25, 0.3) is 0 Å². The Bertz CT molecular complexity index is 1400. The minimum Gasteiger partial charge on any atom is -0.497 e. The number of hydrogen-bond donors (Lipinski definition) is 1. The van der Waals surface area contributed by atoms with Crippen molar-refractivity contribution in [3.63, 3.8) is 0 Å². The molecule has 1 aromatic heterocycles. The Morgan fingerprint density at radius 2 is 1.75 bits per heavy atom. The number of halogens is 1. The van der Waals surface area contributed by atoms with Gasteiger partial charge in [-0.15, -0.1) is 0 Å². The van der Waals surface area contributed by atoms with Crippen molar-refractivity contribution in [1.29, 1.82) is 0 Å². The first-order valence-electron chi connectivity index (χ1n) is 11.6. The van der Waals surface area contributed by atoms with E-state index in [-0.39, 0.29) is 24.2 Å². The fraction of sp³-hybridized carbons (Fsp3) is 0.214. The van der Waals surface area contributed by atoms with Gasteiger partial charge in [-0.3, -0.25) is 4.79 Å². The number of nitrogens with one attached hydrogen (secondary N) is 1. The molecule has 0 radical (unpaired) electrons. The fourth-order valence-electron chi connectivity index (χ4n) is 4.50. The highest BCUT2D eigenvalue weighted by atomic mass is 19.1. The highest BCUT2D eigenvalue weighted by Crippen LogP contribution is 2.42. The summed E-state index contributed by atoms with van der Waals surface area (Å²) in [7, 11) is 3.20. The summed E-state index contributed by atoms with van der Waals surface area (Å²) in [6, 6.07) is 19.4. The molecule has 3 aromatic carbocycles. The number of amides is 1. The Balaban J connectivity index is 1.46. The van der Waals surface area contributed by atoms with Crippen LogP contribution in [0, 0.1) is 12.7 Å². The van der Waals surface area contributed by atoms with Crippen LogP contribution < -0.4 is 19.5 Å². The number of aromatic nitrogens is 2. The van der Waals surface area contributed by atoms with Gasteiger partial charge in [0.15, 0.2) is 11.5 Å². The van der Waals surface area contributed by atoms with E-state index in [0.717, 1.165) is 33.8 Å². The number of hydrogen-bond acceptors (Lipinski definition) is 5. The predicted molar refractivity (Wildman–Crippen MR) is 134 cm³/mol. The maximum absolute atomic E-state index is 13.2. The lowest BCUT2D eigenvalue weighted by Crippen LogP contribution is -2.25. The maximum atomic E-state index is 13.2. The highest BCUT2D eigenvalue weighted by molar-refractivity contribution is 5.95. The van der Waals surface area contributed by atoms with Gasteiger partial charge in [0.2, 0.25) is 5.91 Å². The number of ether oxygens (including phenoxy) is 3. The molecule has 8 heteroatoms. The van der Waals surface area contributed by atoms with Crippen LogP contribution in [0.2, 0.25) is 0 Å². The van der Waals surface area contributed by atoms with Gasteiger partial charge in [-0.25, -0.2) is 9.07 Å². The zero-order chi connectivity index (χ0) is 25.2. The minimum absolute atomic E-state index is 0.0854. The Hall–Kier alpha value is -4.33. The number of benzene rings is 3. The lowest BCUT2D eigenvalue weighted by Gasteiger charge is -2.25. The molecule has 5 rings (SSSR count). The Kier molecular flexibility index (Phi) is 6.33. The van der Waals surface area contributed by atoms with Crippen LogP contribution in [0.3, 0.4) is 0 Å². The number of nitrogens with zero attached hydrogens (tertiary/aromatic N) is 2. The standard InChI is InChI=1S/C28H26FN3O4/c1-17-27-23(15-26(33)30-28(27)32(31-17)21-9-11-22(34-2)12-10-21)19-6-13-24(25(14-19)35-3)36-16-18-4-7-20(29)8-5-18/h4-14,23H,15-16H2,1-3H3,(H,30,33)/t23-/m0/s1. The first-order chi connectivity index (χ1) is 17.5. The molecular formula is C28H26FN3O4. The highest BCUT2D eigenvalue weighted by Gasteiger charge is 2.33. The molecule has 4 aromatic rings. The smallest absolute Gasteiger partial charge is 0.226 e. The molecule has 2 heterocycles. The summed E-state index contributed by atoms with van der Waals surface area (Å²) in [5, 5.41) is 7.74. The molecule has 7 nitrogen and oxygen atoms in total. The summed E-state index contributed by atoms with van der Waals surface area (Å²) in [5.74, 6) is 1.96. The molecule has 1 aliphatic heterocycles. The van der Waals surface area contributed by atoms with Crippen LogP contribution in [0.1, 0.15) is 34.7 Å². The molecule has 0 fully saturated rings. The molecule has 0 saturated carbocycles. The monoisotopic (exact) mass is 487 g/mol. The quantitative estimate of drug-likeness (QED) is 0.378. The van der Waals surface area contributed by atoms with Gasteiger partial charge in [-0.1, -0.05) is 18.2 Å². The van der Waals surface area contributed by atoms with Crippen molar-refractivity contribution in [2.75, 3.05) is 19.5 Å². The third kappa shape index (κ3) is 4.49. The topological polar surface area (TPSA) is 74.6 Å². The van der Waals surface area contributed by atoms with E-state index in [1.165, 1.54) is 12.1 Å². The molecule has 0 aliphatic carbocycles. The zero-order valence-corrected chi connectivity index (χ0v) is 20.2. The van der Waals surface area contributed by atoms with Crippen molar-refractivity contribution in [2.24, 2.45) is 0 Å². The van der Waals surface area contributed by atoms with Crippen LogP contribution in [0.25, 0.3) is 5.69 Å². The third-order valence-electron chi connectivity index (χ3n) is 6.32. The number of carbonyl (C=O) groups is 1. The van der Waals surface area contributed by atoms with Crippen molar-refractivity contribution in [1.82, 2.24) is 9.78 Å². The van der Waals surface area contributed by atoms with Crippen molar-refractivity contribution in [3.05, 3.63) is 94.9 Å². The molecule has 1 atom stereocenters. The molecule has 0 bridgehead atoms. The van der Waals surface area contributed by atoms with E-state index in [1.54, 1.807) is 31.0 Å². The van der Waals surface area contributed by atoms with Crippen molar-refractivity contribution in [3.8, 4) is 22.9 Å². The lowest BCUT2D eigenvalue weighted by molar-refractivity contribution is -0.116. The summed E-state index contributed by atoms with van der Waals surface area (Å²) < 4.78 is 31.7. The zero-order valence-electron chi connectivity index (χ0n) is 20.2. The second-order valence-electron chi connectivity index (χ2n) is 8.59. The molecule has 1 aliphatic rings. The van der Waals surface area contributed by atoms with Crippen LogP contribution in [0.15, 0.2) is 66.7 Å². The van der Waals surface area contributed by atoms with E-state index in [9.17, 15) is 9.18 Å². The van der Waals surface area contributed by atoms with Crippen LogP contribution in [-0.2, 0) is 11.4 Å². The van der Waals surface area contributed by atoms with Gasteiger partial charge in [0.1, 0.15) is 24.0 Å². The van der Waals surface area contributed by atoms with Crippen LogP contribution in [0.4, 0.5) is 10.2 Å². The Morgan fingerprint density at radius 3 is 2.44 bits per heavy atom. The van der Waals surface area contributed by atoms with Crippen LogP contribution in [0.5, 0.6) is 17.2 Å². The number of fused-ring (bicyclic) bond motifs is 1. The second kappa shape index (κ2) is 9.73. The van der Waals surface area contributed by atoms with Gasteiger partial charge in [-0.05, 0) is 66.6 Å². The summed E-state index contributed by atoms with van der Waals surface area (Å²) in [6.07, 6.45) is 0.293. The second-order valence-corrected chi connectivity index (χ2v) is 8.59. The van der Waals surface area contributed by atoms with Crippen molar-refractivity contribution < 1.29 is 23.4 Å². The Morgan fingerprint density at radius 1 is 1.00 bits per heavy atom. The first kappa shape index (κ1) is 23.4. The molecule has 1 N–H and O–H groups in total. The summed E-state index contributed by atoms with van der Waals surface area (Å²) in [4.78, 5) is 12.8. The van der Waals surface area contributed by atoms with E-state index in [1.807, 2.05) is 49.4 Å². The van der Waals surface area contributed by atoms with Gasteiger partial charge in [0.05, 0.1) is 25.6 Å². The fourth-order valence-corrected chi connectivity index (χ4v) is 4.50. The van der Waals surface area contributed by atoms with Gasteiger partial charge in [0, 0.05) is 17.9 Å². The predicted octanol–water partition coefficient (Wildman–Crippen LogP) is 5.39. The SMILES string of the molecule is COc1ccc(-n2nc(C)c3c2NC(=O)C[C@H]3c2ccc(OCc3ccc(F)cc3)c(OC)c2)cc1. The van der Waals surface area contributed by atoms with E-state index in [4.69, 9.17) is 19.3 Å². The minimum atomic E-state index is -0.290. The normalized spacial score (nSPS) is 14.7. The summed E-state index contributed by atoms with van der Waals surface area (Å²) in [6.45, 7) is 2.22. The van der Waals surface area contributed by atoms with Gasteiger partial charge in [-0.2, -0.15) is 5.10 Å². The summed E-state index contributed by atoms with van der Waals surface area (Å²) in [5.41, 5.74) is 4.39. The molecule has 36 heavy (non-hydrogen) atoms. The average molecular weight is 488 g/mol. The van der Waals surface area contributed by atoms with E-state index in [2.05, 4.69) is 5.32 Å². The molecule has 0 saturated heterocycles. The number of carbonyl (C=O) groups excluding carboxylic acids is 1. The van der Waals surface area contributed by atoms with Crippen LogP contribution >= 0.6 is 0 Å². The van der Waals surface area contributed by atoms with E-state index >= 15 is 0 Å². The number of anilines is 1. The lowest BCUT2D eigenvalue weighted by atomic mass is 9.85. The van der Waals surface area contributed by atoms with Gasteiger partial charge >= 0.3 is 0 Å².